The van der Waals surface area contributed by atoms with Gasteiger partial charge in [-0.25, -0.2) is 0 Å². The summed E-state index contributed by atoms with van der Waals surface area (Å²) in [4.78, 5) is 22.9. The van der Waals surface area contributed by atoms with Gasteiger partial charge in [0.15, 0.2) is 5.82 Å². The first-order valence-corrected chi connectivity index (χ1v) is 9.71. The van der Waals surface area contributed by atoms with Crippen LogP contribution in [0.15, 0.2) is 35.5 Å². The number of nitrogens with zero attached hydrogens (tertiary/aromatic N) is 3. The molecular weight excluding hydrogens is 418 g/mol. The van der Waals surface area contributed by atoms with Crippen molar-refractivity contribution in [3.63, 3.8) is 0 Å². The average Bonchev–Trinajstić information content (AvgIpc) is 3.48. The molecule has 0 saturated heterocycles. The number of amides is 1. The maximum atomic E-state index is 12.5. The summed E-state index contributed by atoms with van der Waals surface area (Å²) in [7, 11) is 3.12. The number of H-pyrrole nitrogens is 1. The van der Waals surface area contributed by atoms with Crippen molar-refractivity contribution >= 4 is 40.5 Å². The fourth-order valence-corrected chi connectivity index (χ4v) is 3.79. The van der Waals surface area contributed by atoms with Crippen molar-refractivity contribution in [1.82, 2.24) is 15.2 Å². The van der Waals surface area contributed by atoms with E-state index in [-0.39, 0.29) is 5.95 Å². The quantitative estimate of drug-likeness (QED) is 0.616. The number of aromatic nitrogens is 3. The van der Waals surface area contributed by atoms with Crippen LogP contribution in [0.4, 0.5) is 5.95 Å². The minimum absolute atomic E-state index is 0.124. The predicted molar refractivity (Wildman–Crippen MR) is 109 cm³/mol. The van der Waals surface area contributed by atoms with Crippen LogP contribution in [-0.2, 0) is 9.63 Å². The molecule has 4 rings (SSSR count). The van der Waals surface area contributed by atoms with Crippen molar-refractivity contribution in [2.75, 3.05) is 19.5 Å². The molecular formula is C18H16ClN5O4S. The van der Waals surface area contributed by atoms with E-state index in [0.717, 1.165) is 4.88 Å². The number of anilines is 1. The molecule has 1 atom stereocenters. The number of hydrogen-bond acceptors (Lipinski definition) is 8. The van der Waals surface area contributed by atoms with E-state index < -0.39 is 12.0 Å². The molecule has 0 spiro atoms. The van der Waals surface area contributed by atoms with Gasteiger partial charge < -0.3 is 14.3 Å². The highest BCUT2D eigenvalue weighted by Gasteiger charge is 2.30. The Labute approximate surface area is 174 Å². The fourth-order valence-electron chi connectivity index (χ4n) is 2.76. The Kier molecular flexibility index (Phi) is 5.36. The summed E-state index contributed by atoms with van der Waals surface area (Å²) in [5.41, 5.74) is 1.36. The summed E-state index contributed by atoms with van der Waals surface area (Å²) in [5, 5.41) is 13.4. The van der Waals surface area contributed by atoms with Crippen molar-refractivity contribution in [1.29, 1.82) is 0 Å². The third-order valence-electron chi connectivity index (χ3n) is 4.20. The second-order valence-electron chi connectivity index (χ2n) is 6.00. The minimum Gasteiger partial charge on any atom is -0.497 e. The fraction of sp³-hybridized carbons (Fsp3) is 0.222. The molecule has 0 bridgehead atoms. The van der Waals surface area contributed by atoms with Crippen LogP contribution in [0.1, 0.15) is 11.3 Å². The number of hydrogen-bond donors (Lipinski definition) is 2. The molecule has 1 aliphatic rings. The number of nitrogens with one attached hydrogen (secondary N) is 2. The number of methoxy groups -OCH3 is 2. The lowest BCUT2D eigenvalue weighted by molar-refractivity contribution is -0.125. The molecule has 1 aliphatic heterocycles. The first kappa shape index (κ1) is 19.2. The van der Waals surface area contributed by atoms with Crippen molar-refractivity contribution in [2.45, 2.75) is 12.5 Å². The number of aromatic amines is 1. The Morgan fingerprint density at radius 3 is 2.90 bits per heavy atom. The van der Waals surface area contributed by atoms with Gasteiger partial charge in [-0.1, -0.05) is 16.8 Å². The van der Waals surface area contributed by atoms with E-state index in [1.165, 1.54) is 11.3 Å². The number of ether oxygens (including phenoxy) is 2. The Morgan fingerprint density at radius 1 is 1.31 bits per heavy atom. The lowest BCUT2D eigenvalue weighted by Crippen LogP contribution is -2.28. The van der Waals surface area contributed by atoms with Gasteiger partial charge in [0.05, 0.1) is 29.0 Å². The number of carbonyl (C=O) groups excluding carboxylic acids is 1. The lowest BCUT2D eigenvalue weighted by Gasteiger charge is -2.08. The number of benzene rings is 1. The largest absolute Gasteiger partial charge is 0.497 e. The summed E-state index contributed by atoms with van der Waals surface area (Å²) in [6, 6.07) is 8.92. The molecule has 3 heterocycles. The zero-order valence-corrected chi connectivity index (χ0v) is 17.0. The van der Waals surface area contributed by atoms with Gasteiger partial charge in [0.1, 0.15) is 17.2 Å². The molecule has 29 heavy (non-hydrogen) atoms. The molecule has 1 amide bonds. The zero-order valence-electron chi connectivity index (χ0n) is 15.4. The summed E-state index contributed by atoms with van der Waals surface area (Å²) in [6.45, 7) is 0. The highest BCUT2D eigenvalue weighted by molar-refractivity contribution is 7.18. The molecule has 2 N–H and O–H groups in total. The van der Waals surface area contributed by atoms with Gasteiger partial charge in [0.2, 0.25) is 12.1 Å². The number of thiophene rings is 1. The first-order chi connectivity index (χ1) is 14.1. The summed E-state index contributed by atoms with van der Waals surface area (Å²) in [6.07, 6.45) is -0.421. The van der Waals surface area contributed by atoms with Gasteiger partial charge in [-0.05, 0) is 24.3 Å². The van der Waals surface area contributed by atoms with Crippen LogP contribution in [-0.4, -0.2) is 47.1 Å². The second-order valence-corrected chi connectivity index (χ2v) is 7.72. The lowest BCUT2D eigenvalue weighted by atomic mass is 10.1. The SMILES string of the molecule is COc1ccc(-c2nc(NC(=O)C3CC(c4ccc(Cl)s4)=NO3)n[nH]2)c(OC)c1. The van der Waals surface area contributed by atoms with Gasteiger partial charge in [0.25, 0.3) is 5.91 Å². The molecule has 9 nitrogen and oxygen atoms in total. The third kappa shape index (κ3) is 4.03. The molecule has 150 valence electrons. The third-order valence-corrected chi connectivity index (χ3v) is 5.48. The zero-order chi connectivity index (χ0) is 20.4. The molecule has 1 aromatic carbocycles. The Morgan fingerprint density at radius 2 is 2.17 bits per heavy atom. The van der Waals surface area contributed by atoms with E-state index in [0.29, 0.717) is 39.4 Å². The predicted octanol–water partition coefficient (Wildman–Crippen LogP) is 3.34. The van der Waals surface area contributed by atoms with E-state index in [1.807, 2.05) is 6.07 Å². The Hall–Kier alpha value is -3.11. The van der Waals surface area contributed by atoms with Crippen molar-refractivity contribution < 1.29 is 19.1 Å². The Bertz CT molecular complexity index is 1080. The smallest absolute Gasteiger partial charge is 0.271 e. The monoisotopic (exact) mass is 433 g/mol. The van der Waals surface area contributed by atoms with Gasteiger partial charge in [-0.2, -0.15) is 4.98 Å². The number of halogens is 1. The molecule has 1 unspecified atom stereocenters. The average molecular weight is 434 g/mol. The maximum Gasteiger partial charge on any atom is 0.271 e. The first-order valence-electron chi connectivity index (χ1n) is 8.51. The van der Waals surface area contributed by atoms with Gasteiger partial charge >= 0.3 is 0 Å². The van der Waals surface area contributed by atoms with Crippen molar-refractivity contribution in [3.8, 4) is 22.9 Å². The molecule has 0 aliphatic carbocycles. The highest BCUT2D eigenvalue weighted by Crippen LogP contribution is 2.31. The standard InChI is InChI=1S/C18H16ClN5O4S/c1-26-9-3-4-10(12(7-9)27-2)16-20-18(23-22-16)21-17(25)13-8-11(24-28-13)14-5-6-15(19)29-14/h3-7,13H,8H2,1-2H3,(H2,20,21,22,23,25). The molecule has 0 saturated carbocycles. The number of carbonyl (C=O) groups is 1. The molecule has 2 aromatic heterocycles. The second kappa shape index (κ2) is 8.10. The minimum atomic E-state index is -0.761. The van der Waals surface area contributed by atoms with Gasteiger partial charge in [-0.3, -0.25) is 15.2 Å². The highest BCUT2D eigenvalue weighted by atomic mass is 35.5. The van der Waals surface area contributed by atoms with Crippen molar-refractivity contribution in [3.05, 3.63) is 39.5 Å². The topological polar surface area (TPSA) is 111 Å². The summed E-state index contributed by atoms with van der Waals surface area (Å²) >= 11 is 7.33. The van der Waals surface area contributed by atoms with Gasteiger partial charge in [-0.15, -0.1) is 16.4 Å². The molecule has 0 radical (unpaired) electrons. The van der Waals surface area contributed by atoms with E-state index in [4.69, 9.17) is 25.9 Å². The van der Waals surface area contributed by atoms with Crippen LogP contribution in [0.2, 0.25) is 4.34 Å². The van der Waals surface area contributed by atoms with E-state index in [1.54, 1.807) is 38.5 Å². The van der Waals surface area contributed by atoms with Crippen LogP contribution in [0, 0.1) is 0 Å². The molecule has 0 fully saturated rings. The van der Waals surface area contributed by atoms with Crippen LogP contribution in [0.5, 0.6) is 11.5 Å². The normalized spacial score (nSPS) is 15.6. The van der Waals surface area contributed by atoms with E-state index in [9.17, 15) is 4.79 Å². The number of rotatable bonds is 6. The Balaban J connectivity index is 1.43. The van der Waals surface area contributed by atoms with E-state index >= 15 is 0 Å². The van der Waals surface area contributed by atoms with Crippen molar-refractivity contribution in [2.24, 2.45) is 5.16 Å². The number of oxime groups is 1. The molecule has 11 heteroatoms. The van der Waals surface area contributed by atoms with Gasteiger partial charge in [0, 0.05) is 12.5 Å². The van der Waals surface area contributed by atoms with Crippen LogP contribution >= 0.6 is 22.9 Å². The van der Waals surface area contributed by atoms with Crippen LogP contribution in [0.3, 0.4) is 0 Å². The summed E-state index contributed by atoms with van der Waals surface area (Å²) in [5.74, 6) is 1.39. The van der Waals surface area contributed by atoms with Crippen LogP contribution in [0.25, 0.3) is 11.4 Å². The van der Waals surface area contributed by atoms with Crippen LogP contribution < -0.4 is 14.8 Å². The summed E-state index contributed by atoms with van der Waals surface area (Å²) < 4.78 is 11.2. The molecule has 3 aromatic rings. The van der Waals surface area contributed by atoms with E-state index in [2.05, 4.69) is 25.7 Å². The maximum absolute atomic E-state index is 12.5.